The molecule has 0 aliphatic carbocycles. The SMILES string of the molecule is Cc1ccc(N2NC(C(=O)Nc3ccc(C)c4ncccc34)=NCC2=O)cc1. The van der Waals surface area contributed by atoms with Gasteiger partial charge >= 0.3 is 0 Å². The number of fused-ring (bicyclic) bond motifs is 1. The van der Waals surface area contributed by atoms with Crippen molar-refractivity contribution < 1.29 is 9.59 Å². The van der Waals surface area contributed by atoms with Crippen LogP contribution in [0, 0.1) is 13.8 Å². The third-order valence-corrected chi connectivity index (χ3v) is 4.57. The first-order valence-corrected chi connectivity index (χ1v) is 8.89. The molecule has 0 spiro atoms. The summed E-state index contributed by atoms with van der Waals surface area (Å²) in [6, 6.07) is 14.9. The molecule has 2 amide bonds. The number of anilines is 2. The highest BCUT2D eigenvalue weighted by molar-refractivity contribution is 6.43. The van der Waals surface area contributed by atoms with Gasteiger partial charge in [0.25, 0.3) is 11.8 Å². The fourth-order valence-electron chi connectivity index (χ4n) is 3.05. The van der Waals surface area contributed by atoms with Crippen molar-refractivity contribution in [2.75, 3.05) is 16.9 Å². The largest absolute Gasteiger partial charge is 0.319 e. The highest BCUT2D eigenvalue weighted by atomic mass is 16.2. The third kappa shape index (κ3) is 3.29. The van der Waals surface area contributed by atoms with Crippen LogP contribution in [0.5, 0.6) is 0 Å². The molecule has 0 bridgehead atoms. The van der Waals surface area contributed by atoms with Crippen LogP contribution in [-0.2, 0) is 9.59 Å². The van der Waals surface area contributed by atoms with E-state index in [9.17, 15) is 9.59 Å². The van der Waals surface area contributed by atoms with E-state index in [0.717, 1.165) is 22.0 Å². The summed E-state index contributed by atoms with van der Waals surface area (Å²) in [5, 5.41) is 5.06. The van der Waals surface area contributed by atoms with Gasteiger partial charge in [-0.3, -0.25) is 25.0 Å². The molecule has 0 radical (unpaired) electrons. The fourth-order valence-corrected chi connectivity index (χ4v) is 3.05. The Morgan fingerprint density at radius 2 is 1.89 bits per heavy atom. The molecule has 2 N–H and O–H groups in total. The number of hydrazine groups is 1. The van der Waals surface area contributed by atoms with Gasteiger partial charge in [0, 0.05) is 11.6 Å². The Bertz CT molecular complexity index is 1110. The van der Waals surface area contributed by atoms with Crippen molar-refractivity contribution in [2.45, 2.75) is 13.8 Å². The van der Waals surface area contributed by atoms with E-state index in [2.05, 4.69) is 20.7 Å². The summed E-state index contributed by atoms with van der Waals surface area (Å²) in [7, 11) is 0. The van der Waals surface area contributed by atoms with Crippen LogP contribution in [0.2, 0.25) is 0 Å². The van der Waals surface area contributed by atoms with Gasteiger partial charge in [-0.15, -0.1) is 0 Å². The highest BCUT2D eigenvalue weighted by Crippen LogP contribution is 2.24. The molecule has 0 saturated heterocycles. The summed E-state index contributed by atoms with van der Waals surface area (Å²) >= 11 is 0. The Hall–Kier alpha value is -3.74. The van der Waals surface area contributed by atoms with E-state index in [1.54, 1.807) is 6.20 Å². The van der Waals surface area contributed by atoms with E-state index in [4.69, 9.17) is 0 Å². The third-order valence-electron chi connectivity index (χ3n) is 4.57. The molecule has 140 valence electrons. The van der Waals surface area contributed by atoms with E-state index in [-0.39, 0.29) is 18.3 Å². The zero-order chi connectivity index (χ0) is 19.7. The van der Waals surface area contributed by atoms with Crippen LogP contribution in [0.3, 0.4) is 0 Å². The predicted molar refractivity (Wildman–Crippen MR) is 109 cm³/mol. The molecule has 0 fully saturated rings. The maximum atomic E-state index is 12.8. The van der Waals surface area contributed by atoms with Gasteiger partial charge in [0.05, 0.1) is 16.9 Å². The number of nitrogens with zero attached hydrogens (tertiary/aromatic N) is 3. The number of aliphatic imine (C=N–C) groups is 1. The molecular weight excluding hydrogens is 354 g/mol. The van der Waals surface area contributed by atoms with E-state index in [1.165, 1.54) is 5.01 Å². The maximum absolute atomic E-state index is 12.8. The van der Waals surface area contributed by atoms with Gasteiger partial charge in [0.2, 0.25) is 5.84 Å². The van der Waals surface area contributed by atoms with Crippen molar-refractivity contribution in [3.8, 4) is 0 Å². The molecule has 0 saturated carbocycles. The lowest BCUT2D eigenvalue weighted by molar-refractivity contribution is -0.118. The smallest absolute Gasteiger partial charge is 0.292 e. The van der Waals surface area contributed by atoms with Crippen LogP contribution >= 0.6 is 0 Å². The predicted octanol–water partition coefficient (Wildman–Crippen LogP) is 2.74. The molecule has 1 aliphatic heterocycles. The molecular formula is C21H19N5O2. The molecule has 0 unspecified atom stereocenters. The van der Waals surface area contributed by atoms with Crippen molar-refractivity contribution in [1.29, 1.82) is 0 Å². The van der Waals surface area contributed by atoms with Gasteiger partial charge in [-0.2, -0.15) is 0 Å². The first kappa shape index (κ1) is 17.7. The molecule has 4 rings (SSSR count). The van der Waals surface area contributed by atoms with Crippen LogP contribution in [0.4, 0.5) is 11.4 Å². The number of aryl methyl sites for hydroxylation is 2. The number of amides is 2. The lowest BCUT2D eigenvalue weighted by Crippen LogP contribution is -2.54. The molecule has 3 aromatic rings. The summed E-state index contributed by atoms with van der Waals surface area (Å²) in [4.78, 5) is 33.5. The normalized spacial score (nSPS) is 13.9. The van der Waals surface area contributed by atoms with Gasteiger partial charge < -0.3 is 5.32 Å². The summed E-state index contributed by atoms with van der Waals surface area (Å²) in [6.45, 7) is 3.84. The first-order valence-electron chi connectivity index (χ1n) is 8.89. The monoisotopic (exact) mass is 373 g/mol. The van der Waals surface area contributed by atoms with Crippen LogP contribution < -0.4 is 15.8 Å². The van der Waals surface area contributed by atoms with E-state index in [0.29, 0.717) is 11.4 Å². The van der Waals surface area contributed by atoms with Crippen LogP contribution in [0.15, 0.2) is 59.7 Å². The number of carbonyl (C=O) groups excluding carboxylic acids is 2. The van der Waals surface area contributed by atoms with Gasteiger partial charge in [0.15, 0.2) is 0 Å². The minimum Gasteiger partial charge on any atom is -0.319 e. The molecule has 7 heteroatoms. The van der Waals surface area contributed by atoms with Crippen LogP contribution in [0.1, 0.15) is 11.1 Å². The van der Waals surface area contributed by atoms with Crippen molar-refractivity contribution in [3.63, 3.8) is 0 Å². The molecule has 1 aromatic heterocycles. The number of rotatable bonds is 3. The van der Waals surface area contributed by atoms with Gasteiger partial charge in [-0.25, -0.2) is 5.01 Å². The second kappa shape index (κ2) is 7.11. The standard InChI is InChI=1S/C21H19N5O2/c1-13-5-8-15(9-6-13)26-18(27)12-23-20(25-26)21(28)24-17-10-7-14(2)19-16(17)4-3-11-22-19/h3-11H,12H2,1-2H3,(H,23,25)(H,24,28). The van der Waals surface area contributed by atoms with E-state index in [1.807, 2.05) is 62.4 Å². The van der Waals surface area contributed by atoms with E-state index >= 15 is 0 Å². The van der Waals surface area contributed by atoms with Gasteiger partial charge in [-0.1, -0.05) is 23.8 Å². The summed E-state index contributed by atoms with van der Waals surface area (Å²) < 4.78 is 0. The topological polar surface area (TPSA) is 86.7 Å². The summed E-state index contributed by atoms with van der Waals surface area (Å²) in [5.74, 6) is -0.568. The highest BCUT2D eigenvalue weighted by Gasteiger charge is 2.26. The number of benzene rings is 2. The molecule has 7 nitrogen and oxygen atoms in total. The number of pyridine rings is 1. The second-order valence-corrected chi connectivity index (χ2v) is 6.63. The first-order chi connectivity index (χ1) is 13.5. The fraction of sp³-hybridized carbons (Fsp3) is 0.143. The quantitative estimate of drug-likeness (QED) is 0.739. The molecule has 1 aliphatic rings. The van der Waals surface area contributed by atoms with E-state index < -0.39 is 5.91 Å². The van der Waals surface area contributed by atoms with Crippen molar-refractivity contribution in [3.05, 3.63) is 65.9 Å². The van der Waals surface area contributed by atoms with Gasteiger partial charge in [0.1, 0.15) is 6.54 Å². The Labute approximate surface area is 162 Å². The van der Waals surface area contributed by atoms with Crippen LogP contribution in [0.25, 0.3) is 10.9 Å². The zero-order valence-electron chi connectivity index (χ0n) is 15.6. The average molecular weight is 373 g/mol. The maximum Gasteiger partial charge on any atom is 0.292 e. The molecule has 28 heavy (non-hydrogen) atoms. The molecule has 0 atom stereocenters. The summed E-state index contributed by atoms with van der Waals surface area (Å²) in [5.41, 5.74) is 7.06. The Kier molecular flexibility index (Phi) is 4.49. The minimum atomic E-state index is -0.418. The lowest BCUT2D eigenvalue weighted by atomic mass is 10.1. The van der Waals surface area contributed by atoms with Crippen molar-refractivity contribution in [1.82, 2.24) is 10.4 Å². The van der Waals surface area contributed by atoms with Crippen molar-refractivity contribution >= 4 is 39.9 Å². The Morgan fingerprint density at radius 3 is 2.68 bits per heavy atom. The number of carbonyl (C=O) groups is 2. The van der Waals surface area contributed by atoms with Crippen molar-refractivity contribution in [2.24, 2.45) is 4.99 Å². The minimum absolute atomic E-state index is 0.0813. The molecule has 2 aromatic carbocycles. The second-order valence-electron chi connectivity index (χ2n) is 6.63. The number of hydrogen-bond acceptors (Lipinski definition) is 5. The number of amidine groups is 1. The van der Waals surface area contributed by atoms with Gasteiger partial charge in [-0.05, 0) is 49.7 Å². The molecule has 2 heterocycles. The van der Waals surface area contributed by atoms with Crippen LogP contribution in [-0.4, -0.2) is 29.2 Å². The number of aromatic nitrogens is 1. The Morgan fingerprint density at radius 1 is 1.11 bits per heavy atom. The summed E-state index contributed by atoms with van der Waals surface area (Å²) in [6.07, 6.45) is 1.72. The average Bonchev–Trinajstić information content (AvgIpc) is 2.71. The number of hydrogen-bond donors (Lipinski definition) is 2. The zero-order valence-corrected chi connectivity index (χ0v) is 15.6. The number of nitrogens with one attached hydrogen (secondary N) is 2. The lowest BCUT2D eigenvalue weighted by Gasteiger charge is -2.27. The Balaban J connectivity index is 1.58.